The van der Waals surface area contributed by atoms with Crippen LogP contribution in [0.15, 0.2) is 12.4 Å². The molecule has 1 aromatic heterocycles. The first-order chi connectivity index (χ1) is 6.15. The van der Waals surface area contributed by atoms with Gasteiger partial charge in [-0.05, 0) is 13.8 Å². The molecule has 0 radical (unpaired) electrons. The van der Waals surface area contributed by atoms with Gasteiger partial charge < -0.3 is 4.90 Å². The van der Waals surface area contributed by atoms with E-state index in [4.69, 9.17) is 0 Å². The van der Waals surface area contributed by atoms with Crippen LogP contribution in [0.25, 0.3) is 0 Å². The van der Waals surface area contributed by atoms with Gasteiger partial charge in [0.2, 0.25) is 5.95 Å². The number of nitrogens with zero attached hydrogens (tertiary/aromatic N) is 3. The Kier molecular flexibility index (Phi) is 2.95. The molecule has 0 saturated heterocycles. The van der Waals surface area contributed by atoms with Crippen molar-refractivity contribution >= 4 is 12.2 Å². The van der Waals surface area contributed by atoms with Crippen molar-refractivity contribution in [1.29, 1.82) is 0 Å². The van der Waals surface area contributed by atoms with Gasteiger partial charge in [0.25, 0.3) is 0 Å². The quantitative estimate of drug-likeness (QED) is 0.652. The molecule has 1 aromatic rings. The van der Waals surface area contributed by atoms with E-state index in [2.05, 4.69) is 23.8 Å². The van der Waals surface area contributed by atoms with Crippen molar-refractivity contribution in [3.8, 4) is 0 Å². The van der Waals surface area contributed by atoms with Crippen molar-refractivity contribution in [3.05, 3.63) is 18.0 Å². The SMILES string of the molecule is CC(C)N(C)c1ncc(C=O)cn1. The van der Waals surface area contributed by atoms with Crippen LogP contribution >= 0.6 is 0 Å². The van der Waals surface area contributed by atoms with Crippen LogP contribution in [0.3, 0.4) is 0 Å². The van der Waals surface area contributed by atoms with Gasteiger partial charge in [-0.2, -0.15) is 0 Å². The van der Waals surface area contributed by atoms with E-state index < -0.39 is 0 Å². The van der Waals surface area contributed by atoms with Gasteiger partial charge in [0, 0.05) is 25.5 Å². The molecule has 0 bridgehead atoms. The summed E-state index contributed by atoms with van der Waals surface area (Å²) >= 11 is 0. The largest absolute Gasteiger partial charge is 0.341 e. The lowest BCUT2D eigenvalue weighted by molar-refractivity contribution is 0.112. The average Bonchev–Trinajstić information content (AvgIpc) is 2.17. The van der Waals surface area contributed by atoms with Crippen molar-refractivity contribution in [2.75, 3.05) is 11.9 Å². The summed E-state index contributed by atoms with van der Waals surface area (Å²) in [5, 5.41) is 0. The molecule has 0 N–H and O–H groups in total. The number of aromatic nitrogens is 2. The molecule has 0 amide bonds. The van der Waals surface area contributed by atoms with Gasteiger partial charge in [-0.25, -0.2) is 9.97 Å². The topological polar surface area (TPSA) is 46.1 Å². The van der Waals surface area contributed by atoms with E-state index >= 15 is 0 Å². The Morgan fingerprint density at radius 3 is 2.31 bits per heavy atom. The molecule has 70 valence electrons. The molecule has 0 aliphatic heterocycles. The molecule has 0 aromatic carbocycles. The third kappa shape index (κ3) is 2.24. The molecule has 13 heavy (non-hydrogen) atoms. The number of aldehydes is 1. The smallest absolute Gasteiger partial charge is 0.225 e. The normalized spacial score (nSPS) is 10.2. The second-order valence-corrected chi connectivity index (χ2v) is 3.14. The van der Waals surface area contributed by atoms with E-state index in [0.717, 1.165) is 6.29 Å². The van der Waals surface area contributed by atoms with Crippen molar-refractivity contribution in [3.63, 3.8) is 0 Å². The van der Waals surface area contributed by atoms with Gasteiger partial charge >= 0.3 is 0 Å². The minimum Gasteiger partial charge on any atom is -0.341 e. The highest BCUT2D eigenvalue weighted by atomic mass is 16.1. The van der Waals surface area contributed by atoms with Crippen molar-refractivity contribution in [2.24, 2.45) is 0 Å². The fraction of sp³-hybridized carbons (Fsp3) is 0.444. The first-order valence-corrected chi connectivity index (χ1v) is 4.15. The Morgan fingerprint density at radius 1 is 1.38 bits per heavy atom. The molecular formula is C9H13N3O. The molecule has 0 aliphatic carbocycles. The number of hydrogen-bond donors (Lipinski definition) is 0. The first-order valence-electron chi connectivity index (χ1n) is 4.15. The third-order valence-electron chi connectivity index (χ3n) is 1.88. The minimum atomic E-state index is 0.349. The second-order valence-electron chi connectivity index (χ2n) is 3.14. The summed E-state index contributed by atoms with van der Waals surface area (Å²) in [6, 6.07) is 0.349. The van der Waals surface area contributed by atoms with E-state index in [0.29, 0.717) is 17.6 Å². The van der Waals surface area contributed by atoms with Crippen LogP contribution in [0.4, 0.5) is 5.95 Å². The molecular weight excluding hydrogens is 166 g/mol. The predicted molar refractivity (Wildman–Crippen MR) is 51.0 cm³/mol. The Hall–Kier alpha value is -1.45. The Morgan fingerprint density at radius 2 is 1.92 bits per heavy atom. The molecule has 0 saturated carbocycles. The molecule has 4 nitrogen and oxygen atoms in total. The van der Waals surface area contributed by atoms with Gasteiger partial charge in [-0.3, -0.25) is 4.79 Å². The summed E-state index contributed by atoms with van der Waals surface area (Å²) in [7, 11) is 1.92. The number of rotatable bonds is 3. The van der Waals surface area contributed by atoms with E-state index in [-0.39, 0.29) is 0 Å². The Balaban J connectivity index is 2.85. The molecule has 0 aliphatic rings. The summed E-state index contributed by atoms with van der Waals surface area (Å²) in [6.07, 6.45) is 3.78. The van der Waals surface area contributed by atoms with Crippen molar-refractivity contribution < 1.29 is 4.79 Å². The number of carbonyl (C=O) groups is 1. The zero-order valence-electron chi connectivity index (χ0n) is 8.06. The molecule has 4 heteroatoms. The zero-order chi connectivity index (χ0) is 9.84. The van der Waals surface area contributed by atoms with E-state index in [1.807, 2.05) is 11.9 Å². The lowest BCUT2D eigenvalue weighted by Gasteiger charge is -2.20. The highest BCUT2D eigenvalue weighted by molar-refractivity contribution is 5.73. The number of carbonyl (C=O) groups excluding carboxylic acids is 1. The highest BCUT2D eigenvalue weighted by Gasteiger charge is 2.06. The molecule has 1 heterocycles. The summed E-state index contributed by atoms with van der Waals surface area (Å²) in [6.45, 7) is 4.11. The van der Waals surface area contributed by atoms with Gasteiger partial charge in [-0.1, -0.05) is 0 Å². The van der Waals surface area contributed by atoms with Gasteiger partial charge in [0.1, 0.15) is 0 Å². The summed E-state index contributed by atoms with van der Waals surface area (Å²) in [4.78, 5) is 20.4. The van der Waals surface area contributed by atoms with Gasteiger partial charge in [0.15, 0.2) is 6.29 Å². The molecule has 0 spiro atoms. The number of hydrogen-bond acceptors (Lipinski definition) is 4. The van der Waals surface area contributed by atoms with Gasteiger partial charge in [-0.15, -0.1) is 0 Å². The van der Waals surface area contributed by atoms with E-state index in [1.165, 1.54) is 12.4 Å². The van der Waals surface area contributed by atoms with E-state index in [9.17, 15) is 4.79 Å². The maximum atomic E-state index is 10.3. The minimum absolute atomic E-state index is 0.349. The van der Waals surface area contributed by atoms with Crippen molar-refractivity contribution in [2.45, 2.75) is 19.9 Å². The lowest BCUT2D eigenvalue weighted by atomic mass is 10.3. The Bertz CT molecular complexity index is 281. The molecule has 1 rings (SSSR count). The zero-order valence-corrected chi connectivity index (χ0v) is 8.06. The number of anilines is 1. The van der Waals surface area contributed by atoms with Crippen LogP contribution in [0, 0.1) is 0 Å². The average molecular weight is 179 g/mol. The summed E-state index contributed by atoms with van der Waals surface area (Å²) < 4.78 is 0. The van der Waals surface area contributed by atoms with Crippen LogP contribution < -0.4 is 4.90 Å². The van der Waals surface area contributed by atoms with Crippen molar-refractivity contribution in [1.82, 2.24) is 9.97 Å². The van der Waals surface area contributed by atoms with Crippen LogP contribution in [0.5, 0.6) is 0 Å². The fourth-order valence-corrected chi connectivity index (χ4v) is 0.805. The van der Waals surface area contributed by atoms with Gasteiger partial charge in [0.05, 0.1) is 5.56 Å². The Labute approximate surface area is 77.6 Å². The van der Waals surface area contributed by atoms with Crippen LogP contribution in [-0.2, 0) is 0 Å². The second kappa shape index (κ2) is 3.98. The summed E-state index contributed by atoms with van der Waals surface area (Å²) in [5.74, 6) is 0.639. The molecule has 0 fully saturated rings. The standard InChI is InChI=1S/C9H13N3O/c1-7(2)12(3)9-10-4-8(6-13)5-11-9/h4-7H,1-3H3. The lowest BCUT2D eigenvalue weighted by Crippen LogP contribution is -2.27. The fourth-order valence-electron chi connectivity index (χ4n) is 0.805. The maximum Gasteiger partial charge on any atom is 0.225 e. The van der Waals surface area contributed by atoms with E-state index in [1.54, 1.807) is 0 Å². The van der Waals surface area contributed by atoms with Crippen LogP contribution in [0.1, 0.15) is 24.2 Å². The molecule has 0 atom stereocenters. The highest BCUT2D eigenvalue weighted by Crippen LogP contribution is 2.06. The third-order valence-corrected chi connectivity index (χ3v) is 1.88. The monoisotopic (exact) mass is 179 g/mol. The maximum absolute atomic E-state index is 10.3. The molecule has 0 unspecified atom stereocenters. The van der Waals surface area contributed by atoms with Crippen LogP contribution in [-0.4, -0.2) is 29.3 Å². The summed E-state index contributed by atoms with van der Waals surface area (Å²) in [5.41, 5.74) is 0.501. The van der Waals surface area contributed by atoms with Crippen LogP contribution in [0.2, 0.25) is 0 Å². The predicted octanol–water partition coefficient (Wildman–Crippen LogP) is 1.13. The first kappa shape index (κ1) is 9.64.